The summed E-state index contributed by atoms with van der Waals surface area (Å²) in [5.74, 6) is 2.56. The van der Waals surface area contributed by atoms with E-state index < -0.39 is 0 Å². The van der Waals surface area contributed by atoms with Crippen LogP contribution in [0.5, 0.6) is 11.6 Å². The first-order valence-corrected chi connectivity index (χ1v) is 8.73. The van der Waals surface area contributed by atoms with Gasteiger partial charge in [0.2, 0.25) is 11.8 Å². The Labute approximate surface area is 152 Å². The highest BCUT2D eigenvalue weighted by atomic mass is 16.5. The topological polar surface area (TPSA) is 98.3 Å². The molecule has 0 radical (unpaired) electrons. The summed E-state index contributed by atoms with van der Waals surface area (Å²) in [5.41, 5.74) is 0.651. The van der Waals surface area contributed by atoms with Gasteiger partial charge in [-0.15, -0.1) is 0 Å². The Kier molecular flexibility index (Phi) is 5.50. The molecule has 2 aromatic heterocycles. The number of anilines is 3. The first kappa shape index (κ1) is 17.9. The van der Waals surface area contributed by atoms with Crippen molar-refractivity contribution in [2.75, 3.05) is 17.2 Å². The van der Waals surface area contributed by atoms with Crippen LogP contribution in [-0.2, 0) is 4.79 Å². The highest BCUT2D eigenvalue weighted by Gasteiger charge is 2.20. The van der Waals surface area contributed by atoms with Gasteiger partial charge in [0.25, 0.3) is 0 Å². The number of nitrogens with one attached hydrogen (secondary N) is 2. The lowest BCUT2D eigenvalue weighted by molar-refractivity contribution is -0.114. The van der Waals surface area contributed by atoms with Crippen molar-refractivity contribution in [1.82, 2.24) is 15.0 Å². The third kappa shape index (κ3) is 4.59. The van der Waals surface area contributed by atoms with Crippen LogP contribution in [0.3, 0.4) is 0 Å². The Morgan fingerprint density at radius 2 is 2.08 bits per heavy atom. The number of aryl methyl sites for hydroxylation is 1. The van der Waals surface area contributed by atoms with Crippen LogP contribution in [0, 0.1) is 6.92 Å². The van der Waals surface area contributed by atoms with Crippen LogP contribution in [0.15, 0.2) is 18.3 Å². The molecule has 138 valence electrons. The summed E-state index contributed by atoms with van der Waals surface area (Å²) in [6, 6.07) is 3.47. The molecule has 2 N–H and O–H groups in total. The molecule has 1 saturated carbocycles. The van der Waals surface area contributed by atoms with Gasteiger partial charge in [0.05, 0.1) is 18.5 Å². The van der Waals surface area contributed by atoms with E-state index >= 15 is 0 Å². The van der Waals surface area contributed by atoms with Gasteiger partial charge in [-0.25, -0.2) is 9.97 Å². The zero-order chi connectivity index (χ0) is 18.5. The smallest absolute Gasteiger partial charge is 0.222 e. The molecular weight excluding hydrogens is 334 g/mol. The Morgan fingerprint density at radius 1 is 1.27 bits per heavy atom. The van der Waals surface area contributed by atoms with E-state index in [1.165, 1.54) is 13.3 Å². The molecule has 0 bridgehead atoms. The van der Waals surface area contributed by atoms with Gasteiger partial charge in [-0.05, 0) is 33.1 Å². The van der Waals surface area contributed by atoms with Crippen LogP contribution in [0.2, 0.25) is 0 Å². The van der Waals surface area contributed by atoms with Gasteiger partial charge in [-0.1, -0.05) is 0 Å². The van der Waals surface area contributed by atoms with Crippen molar-refractivity contribution in [3.05, 3.63) is 24.2 Å². The summed E-state index contributed by atoms with van der Waals surface area (Å²) in [6.45, 7) is 5.64. The third-order valence-corrected chi connectivity index (χ3v) is 3.89. The van der Waals surface area contributed by atoms with Crippen molar-refractivity contribution < 1.29 is 14.3 Å². The summed E-state index contributed by atoms with van der Waals surface area (Å²) < 4.78 is 11.5. The van der Waals surface area contributed by atoms with Crippen LogP contribution in [-0.4, -0.2) is 33.6 Å². The molecule has 1 aliphatic carbocycles. The molecular formula is C18H23N5O3. The number of pyridine rings is 1. The summed E-state index contributed by atoms with van der Waals surface area (Å²) in [4.78, 5) is 24.2. The van der Waals surface area contributed by atoms with Crippen molar-refractivity contribution in [3.63, 3.8) is 0 Å². The zero-order valence-electron chi connectivity index (χ0n) is 15.2. The summed E-state index contributed by atoms with van der Waals surface area (Å²) in [7, 11) is 0. The summed E-state index contributed by atoms with van der Waals surface area (Å²) in [5, 5.41) is 5.88. The van der Waals surface area contributed by atoms with Gasteiger partial charge in [0.15, 0.2) is 5.75 Å². The van der Waals surface area contributed by atoms with E-state index in [1.54, 1.807) is 18.3 Å². The van der Waals surface area contributed by atoms with Crippen LogP contribution < -0.4 is 20.1 Å². The molecule has 8 nitrogen and oxygen atoms in total. The maximum absolute atomic E-state index is 11.3. The van der Waals surface area contributed by atoms with Crippen LogP contribution >= 0.6 is 0 Å². The van der Waals surface area contributed by atoms with Crippen LogP contribution in [0.4, 0.5) is 17.3 Å². The number of aromatic nitrogens is 3. The lowest BCUT2D eigenvalue weighted by Crippen LogP contribution is -2.25. The Hall–Kier alpha value is -2.90. The molecule has 0 saturated heterocycles. The normalized spacial score (nSPS) is 13.7. The molecule has 0 aliphatic heterocycles. The molecule has 0 spiro atoms. The van der Waals surface area contributed by atoms with E-state index in [4.69, 9.17) is 9.47 Å². The van der Waals surface area contributed by atoms with E-state index in [-0.39, 0.29) is 12.0 Å². The van der Waals surface area contributed by atoms with Gasteiger partial charge < -0.3 is 20.1 Å². The largest absolute Gasteiger partial charge is 0.490 e. The minimum atomic E-state index is -0.193. The predicted octanol–water partition coefficient (Wildman–Crippen LogP) is 3.21. The van der Waals surface area contributed by atoms with Crippen LogP contribution in [0.1, 0.15) is 38.9 Å². The van der Waals surface area contributed by atoms with Gasteiger partial charge in [0, 0.05) is 19.1 Å². The third-order valence-electron chi connectivity index (χ3n) is 3.89. The maximum Gasteiger partial charge on any atom is 0.222 e. The van der Waals surface area contributed by atoms with E-state index in [2.05, 4.69) is 25.6 Å². The van der Waals surface area contributed by atoms with Crippen molar-refractivity contribution in [3.8, 4) is 11.6 Å². The minimum Gasteiger partial charge on any atom is -0.490 e. The predicted molar refractivity (Wildman–Crippen MR) is 98.0 cm³/mol. The fourth-order valence-electron chi connectivity index (χ4n) is 2.52. The number of hydrogen-bond acceptors (Lipinski definition) is 7. The molecule has 0 atom stereocenters. The van der Waals surface area contributed by atoms with Gasteiger partial charge >= 0.3 is 0 Å². The number of nitrogens with zero attached hydrogens (tertiary/aromatic N) is 3. The lowest BCUT2D eigenvalue weighted by atomic mass is 9.96. The second-order valence-electron chi connectivity index (χ2n) is 6.11. The molecule has 0 unspecified atom stereocenters. The Morgan fingerprint density at radius 3 is 2.73 bits per heavy atom. The van der Waals surface area contributed by atoms with E-state index in [0.717, 1.165) is 12.8 Å². The van der Waals surface area contributed by atoms with Crippen LogP contribution in [0.25, 0.3) is 0 Å². The quantitative estimate of drug-likeness (QED) is 0.785. The molecule has 2 heterocycles. The lowest BCUT2D eigenvalue weighted by Gasteiger charge is -2.25. The van der Waals surface area contributed by atoms with Crippen molar-refractivity contribution in [2.24, 2.45) is 0 Å². The molecule has 1 amide bonds. The fraction of sp³-hybridized carbons (Fsp3) is 0.444. The first-order chi connectivity index (χ1) is 12.5. The Balaban J connectivity index is 1.84. The Bertz CT molecular complexity index is 792. The van der Waals surface area contributed by atoms with E-state index in [0.29, 0.717) is 41.4 Å². The summed E-state index contributed by atoms with van der Waals surface area (Å²) >= 11 is 0. The highest BCUT2D eigenvalue weighted by molar-refractivity contribution is 5.88. The number of hydrogen-bond donors (Lipinski definition) is 2. The van der Waals surface area contributed by atoms with Crippen molar-refractivity contribution in [1.29, 1.82) is 0 Å². The molecule has 0 aromatic carbocycles. The highest BCUT2D eigenvalue weighted by Crippen LogP contribution is 2.30. The number of carbonyl (C=O) groups is 1. The molecule has 26 heavy (non-hydrogen) atoms. The van der Waals surface area contributed by atoms with Gasteiger partial charge in [-0.3, -0.25) is 4.79 Å². The molecule has 2 aromatic rings. The SMILES string of the molecule is CCOc1cnc(NC(C)=O)cc1Nc1cc(OC2CCC2)nc(C)n1. The molecule has 1 fully saturated rings. The number of rotatable bonds is 7. The van der Waals surface area contributed by atoms with Gasteiger partial charge in [0.1, 0.15) is 23.6 Å². The van der Waals surface area contributed by atoms with E-state index in [1.807, 2.05) is 13.8 Å². The zero-order valence-corrected chi connectivity index (χ0v) is 15.2. The molecule has 1 aliphatic rings. The number of ether oxygens (including phenoxy) is 2. The average Bonchev–Trinajstić information content (AvgIpc) is 2.52. The van der Waals surface area contributed by atoms with E-state index in [9.17, 15) is 4.79 Å². The second kappa shape index (κ2) is 7.99. The summed E-state index contributed by atoms with van der Waals surface area (Å²) in [6.07, 6.45) is 5.12. The van der Waals surface area contributed by atoms with Crippen molar-refractivity contribution >= 4 is 23.2 Å². The average molecular weight is 357 g/mol. The molecule has 3 rings (SSSR count). The van der Waals surface area contributed by atoms with Gasteiger partial charge in [-0.2, -0.15) is 4.98 Å². The molecule has 8 heteroatoms. The van der Waals surface area contributed by atoms with Crippen molar-refractivity contribution in [2.45, 2.75) is 46.1 Å². The second-order valence-corrected chi connectivity index (χ2v) is 6.11. The maximum atomic E-state index is 11.3. The first-order valence-electron chi connectivity index (χ1n) is 8.73. The monoisotopic (exact) mass is 357 g/mol. The fourth-order valence-corrected chi connectivity index (χ4v) is 2.52. The number of amides is 1. The minimum absolute atomic E-state index is 0.193. The number of carbonyl (C=O) groups excluding carboxylic acids is 1. The standard InChI is InChI=1S/C18H23N5O3/c1-4-25-15-10-19-16(22-12(3)24)8-14(15)23-17-9-18(21-11(2)20-17)26-13-6-5-7-13/h8-10,13H,4-7H2,1-3H3,(H2,19,20,21,22,23,24).